The maximum Gasteiger partial charge on any atom is 0.243 e. The number of nitrogens with one attached hydrogen (secondary N) is 1. The van der Waals surface area contributed by atoms with Crippen molar-refractivity contribution in [1.29, 1.82) is 0 Å². The number of benzene rings is 1. The summed E-state index contributed by atoms with van der Waals surface area (Å²) >= 11 is 0. The Labute approximate surface area is 143 Å². The molecule has 0 saturated carbocycles. The van der Waals surface area contributed by atoms with Gasteiger partial charge < -0.3 is 0 Å². The molecule has 1 heterocycles. The lowest BCUT2D eigenvalue weighted by Gasteiger charge is -2.21. The molecule has 2 rings (SSSR count). The van der Waals surface area contributed by atoms with Crippen molar-refractivity contribution in [3.05, 3.63) is 29.6 Å². The van der Waals surface area contributed by atoms with E-state index in [4.69, 9.17) is 0 Å². The third kappa shape index (κ3) is 4.14. The molecule has 0 amide bonds. The summed E-state index contributed by atoms with van der Waals surface area (Å²) in [5, 5.41) is 0. The van der Waals surface area contributed by atoms with Crippen LogP contribution in [0.15, 0.2) is 23.1 Å². The van der Waals surface area contributed by atoms with Gasteiger partial charge in [-0.05, 0) is 42.5 Å². The van der Waals surface area contributed by atoms with Gasteiger partial charge in [-0.2, -0.15) is 4.31 Å². The van der Waals surface area contributed by atoms with Crippen LogP contribution >= 0.6 is 0 Å². The van der Waals surface area contributed by atoms with Gasteiger partial charge in [0.1, 0.15) is 5.82 Å². The van der Waals surface area contributed by atoms with Crippen LogP contribution in [0.5, 0.6) is 0 Å². The highest BCUT2D eigenvalue weighted by Gasteiger charge is 2.42. The molecule has 2 atom stereocenters. The lowest BCUT2D eigenvalue weighted by atomic mass is 9.92. The van der Waals surface area contributed by atoms with E-state index in [9.17, 15) is 21.2 Å². The molecule has 0 aliphatic carbocycles. The predicted molar refractivity (Wildman–Crippen MR) is 90.0 cm³/mol. The zero-order valence-electron chi connectivity index (χ0n) is 14.2. The second-order valence-corrected chi connectivity index (χ2v) is 10.3. The fourth-order valence-corrected chi connectivity index (χ4v) is 5.61. The summed E-state index contributed by atoms with van der Waals surface area (Å²) in [5.74, 6) is -0.515. The minimum absolute atomic E-state index is 0.0476. The average Bonchev–Trinajstić information content (AvgIpc) is 2.80. The minimum atomic E-state index is -3.81. The van der Waals surface area contributed by atoms with Crippen molar-refractivity contribution < 1.29 is 21.2 Å². The van der Waals surface area contributed by atoms with Gasteiger partial charge in [-0.25, -0.2) is 25.9 Å². The second kappa shape index (κ2) is 6.70. The molecule has 1 N–H and O–H groups in total. The summed E-state index contributed by atoms with van der Waals surface area (Å²) in [5.41, 5.74) is 0.329. The lowest BCUT2D eigenvalue weighted by molar-refractivity contribution is 0.356. The summed E-state index contributed by atoms with van der Waals surface area (Å²) in [6.07, 6.45) is 1.06. The third-order valence-electron chi connectivity index (χ3n) is 4.31. The Morgan fingerprint density at radius 3 is 2.33 bits per heavy atom. The first kappa shape index (κ1) is 19.3. The van der Waals surface area contributed by atoms with Gasteiger partial charge in [-0.15, -0.1) is 0 Å². The summed E-state index contributed by atoms with van der Waals surface area (Å²) in [6, 6.07) is 3.06. The zero-order valence-corrected chi connectivity index (χ0v) is 15.8. The van der Waals surface area contributed by atoms with Crippen LogP contribution in [0.3, 0.4) is 0 Å². The van der Waals surface area contributed by atoms with E-state index in [1.165, 1.54) is 23.4 Å². The average molecular weight is 378 g/mol. The normalized spacial score (nSPS) is 23.1. The van der Waals surface area contributed by atoms with Crippen molar-refractivity contribution in [3.8, 4) is 0 Å². The second-order valence-electron chi connectivity index (χ2n) is 6.64. The fourth-order valence-electron chi connectivity index (χ4n) is 3.10. The van der Waals surface area contributed by atoms with E-state index in [2.05, 4.69) is 4.72 Å². The molecular weight excluding hydrogens is 355 g/mol. The Balaban J connectivity index is 2.34. The highest BCUT2D eigenvalue weighted by atomic mass is 32.2. The molecule has 0 spiro atoms. The van der Waals surface area contributed by atoms with Gasteiger partial charge in [0.05, 0.1) is 11.2 Å². The van der Waals surface area contributed by atoms with E-state index in [-0.39, 0.29) is 29.8 Å². The van der Waals surface area contributed by atoms with Gasteiger partial charge in [-0.1, -0.05) is 13.8 Å². The maximum absolute atomic E-state index is 13.2. The largest absolute Gasteiger partial charge is 0.243 e. The zero-order chi connectivity index (χ0) is 18.3. The van der Waals surface area contributed by atoms with Crippen LogP contribution in [-0.2, 0) is 20.0 Å². The van der Waals surface area contributed by atoms with E-state index < -0.39 is 31.9 Å². The molecule has 1 saturated heterocycles. The van der Waals surface area contributed by atoms with Crippen molar-refractivity contribution in [3.63, 3.8) is 0 Å². The van der Waals surface area contributed by atoms with Gasteiger partial charge >= 0.3 is 0 Å². The van der Waals surface area contributed by atoms with E-state index in [0.29, 0.717) is 5.56 Å². The smallest absolute Gasteiger partial charge is 0.213 e. The molecule has 2 unspecified atom stereocenters. The molecule has 1 fully saturated rings. The molecule has 1 aliphatic rings. The fraction of sp³-hybridized carbons (Fsp3) is 0.600. The number of nitrogens with zero attached hydrogens (tertiary/aromatic N) is 1. The van der Waals surface area contributed by atoms with Crippen LogP contribution in [0.1, 0.15) is 19.4 Å². The van der Waals surface area contributed by atoms with E-state index in [0.717, 1.165) is 12.3 Å². The molecule has 0 radical (unpaired) electrons. The number of rotatable bonds is 5. The standard InChI is InChI=1S/C15H23FN2O4S2/c1-10(2)13-8-18(9-14(13)17-23(4,19)20)24(21,22)15-6-5-12(16)7-11(15)3/h5-7,10,13-14,17H,8-9H2,1-4H3. The quantitative estimate of drug-likeness (QED) is 0.838. The Kier molecular flexibility index (Phi) is 5.39. The van der Waals surface area contributed by atoms with Crippen LogP contribution in [0.4, 0.5) is 4.39 Å². The molecule has 0 aromatic heterocycles. The third-order valence-corrected chi connectivity index (χ3v) is 7.03. The van der Waals surface area contributed by atoms with Crippen molar-refractivity contribution in [2.24, 2.45) is 11.8 Å². The van der Waals surface area contributed by atoms with E-state index in [1.54, 1.807) is 0 Å². The Morgan fingerprint density at radius 2 is 1.83 bits per heavy atom. The highest BCUT2D eigenvalue weighted by Crippen LogP contribution is 2.30. The molecule has 9 heteroatoms. The number of hydrogen-bond acceptors (Lipinski definition) is 4. The van der Waals surface area contributed by atoms with Crippen molar-refractivity contribution in [2.75, 3.05) is 19.3 Å². The summed E-state index contributed by atoms with van der Waals surface area (Å²) in [4.78, 5) is 0.0476. The SMILES string of the molecule is Cc1cc(F)ccc1S(=O)(=O)N1CC(NS(C)(=O)=O)C(C(C)C)C1. The van der Waals surface area contributed by atoms with Crippen molar-refractivity contribution in [1.82, 2.24) is 9.03 Å². The van der Waals surface area contributed by atoms with E-state index >= 15 is 0 Å². The maximum atomic E-state index is 13.2. The van der Waals surface area contributed by atoms with Gasteiger partial charge in [0.25, 0.3) is 0 Å². The summed E-state index contributed by atoms with van der Waals surface area (Å²) in [7, 11) is -7.25. The van der Waals surface area contributed by atoms with Crippen LogP contribution in [0.2, 0.25) is 0 Å². The summed E-state index contributed by atoms with van der Waals surface area (Å²) < 4.78 is 65.9. The molecule has 136 valence electrons. The molecule has 24 heavy (non-hydrogen) atoms. The van der Waals surface area contributed by atoms with Crippen molar-refractivity contribution in [2.45, 2.75) is 31.7 Å². The minimum Gasteiger partial charge on any atom is -0.213 e. The molecule has 1 aromatic carbocycles. The highest BCUT2D eigenvalue weighted by molar-refractivity contribution is 7.89. The topological polar surface area (TPSA) is 83.6 Å². The molecule has 6 nitrogen and oxygen atoms in total. The van der Waals surface area contributed by atoms with Crippen LogP contribution in [-0.4, -0.2) is 46.5 Å². The monoisotopic (exact) mass is 378 g/mol. The Hall–Kier alpha value is -1.03. The molecule has 1 aromatic rings. The Bertz CT molecular complexity index is 822. The van der Waals surface area contributed by atoms with Crippen LogP contribution in [0, 0.1) is 24.6 Å². The van der Waals surface area contributed by atoms with Crippen LogP contribution in [0.25, 0.3) is 0 Å². The lowest BCUT2D eigenvalue weighted by Crippen LogP contribution is -2.41. The van der Waals surface area contributed by atoms with Crippen LogP contribution < -0.4 is 4.72 Å². The predicted octanol–water partition coefficient (Wildman–Crippen LogP) is 1.33. The van der Waals surface area contributed by atoms with Crippen molar-refractivity contribution >= 4 is 20.0 Å². The summed E-state index contributed by atoms with van der Waals surface area (Å²) in [6.45, 7) is 5.69. The first-order valence-electron chi connectivity index (χ1n) is 7.65. The first-order chi connectivity index (χ1) is 10.9. The van der Waals surface area contributed by atoms with Gasteiger partial charge in [0.15, 0.2) is 0 Å². The molecular formula is C15H23FN2O4S2. The molecule has 0 bridgehead atoms. The van der Waals surface area contributed by atoms with E-state index in [1.807, 2.05) is 13.8 Å². The number of halogens is 1. The molecule has 1 aliphatic heterocycles. The first-order valence-corrected chi connectivity index (χ1v) is 11.0. The number of aryl methyl sites for hydroxylation is 1. The number of hydrogen-bond donors (Lipinski definition) is 1. The Morgan fingerprint density at radius 1 is 1.21 bits per heavy atom. The van der Waals surface area contributed by atoms with Gasteiger partial charge in [0, 0.05) is 19.1 Å². The number of sulfonamides is 2. The van der Waals surface area contributed by atoms with Gasteiger partial charge in [0.2, 0.25) is 20.0 Å². The van der Waals surface area contributed by atoms with Gasteiger partial charge in [-0.3, -0.25) is 0 Å².